The summed E-state index contributed by atoms with van der Waals surface area (Å²) in [5.41, 5.74) is 2.12. The smallest absolute Gasteiger partial charge is 0.336 e. The fourth-order valence-electron chi connectivity index (χ4n) is 5.96. The van der Waals surface area contributed by atoms with Gasteiger partial charge in [0.25, 0.3) is 0 Å². The van der Waals surface area contributed by atoms with Crippen LogP contribution in [0.2, 0.25) is 0 Å². The zero-order valence-corrected chi connectivity index (χ0v) is 23.1. The molecule has 0 unspecified atom stereocenters. The van der Waals surface area contributed by atoms with Gasteiger partial charge in [0.1, 0.15) is 12.4 Å². The number of dihydropyridines is 1. The van der Waals surface area contributed by atoms with Crippen LogP contribution in [0.15, 0.2) is 58.9 Å². The largest absolute Gasteiger partial charge is 0.500 e. The minimum atomic E-state index is -0.984. The molecule has 0 amide bonds. The Balaban J connectivity index is 1.60. The Labute approximate surface area is 236 Å². The summed E-state index contributed by atoms with van der Waals surface area (Å²) in [4.78, 5) is 38.6. The second-order valence-corrected chi connectivity index (χ2v) is 10.3. The maximum Gasteiger partial charge on any atom is 0.336 e. The average molecular weight is 565 g/mol. The molecule has 2 aliphatic heterocycles. The third kappa shape index (κ3) is 5.37. The molecule has 3 aliphatic rings. The number of ether oxygens (including phenoxy) is 4. The SMILES string of the molecule is COc1ccccc1[C@@H]1CC(=O)C2=C(C1)NC(C)=C(C(=O)OC[C@H]1CCCO1)[C@H]2c1cc(OC)c(O)c([N+](=O)[O-])c1. The molecule has 2 heterocycles. The van der Waals surface area contributed by atoms with Gasteiger partial charge in [-0.2, -0.15) is 0 Å². The number of carbonyl (C=O) groups excluding carboxylic acids is 2. The zero-order valence-electron chi connectivity index (χ0n) is 23.1. The molecule has 1 fully saturated rings. The van der Waals surface area contributed by atoms with Crippen molar-refractivity contribution in [1.29, 1.82) is 0 Å². The molecule has 0 bridgehead atoms. The van der Waals surface area contributed by atoms with Gasteiger partial charge in [-0.3, -0.25) is 14.9 Å². The first-order chi connectivity index (χ1) is 19.7. The van der Waals surface area contributed by atoms with E-state index in [1.165, 1.54) is 19.2 Å². The van der Waals surface area contributed by atoms with Crippen molar-refractivity contribution in [3.05, 3.63) is 80.2 Å². The van der Waals surface area contributed by atoms with Crippen LogP contribution in [-0.2, 0) is 19.1 Å². The Morgan fingerprint density at radius 1 is 1.17 bits per heavy atom. The van der Waals surface area contributed by atoms with E-state index < -0.39 is 28.2 Å². The van der Waals surface area contributed by atoms with Crippen LogP contribution in [0.1, 0.15) is 55.6 Å². The molecule has 41 heavy (non-hydrogen) atoms. The number of esters is 1. The highest BCUT2D eigenvalue weighted by Crippen LogP contribution is 2.49. The molecule has 1 saturated heterocycles. The lowest BCUT2D eigenvalue weighted by molar-refractivity contribution is -0.386. The van der Waals surface area contributed by atoms with Crippen molar-refractivity contribution in [2.24, 2.45) is 0 Å². The summed E-state index contributed by atoms with van der Waals surface area (Å²) in [7, 11) is 2.85. The number of hydrogen-bond acceptors (Lipinski definition) is 10. The summed E-state index contributed by atoms with van der Waals surface area (Å²) in [6, 6.07) is 10.1. The number of phenolic OH excluding ortho intramolecular Hbond substituents is 1. The van der Waals surface area contributed by atoms with Crippen molar-refractivity contribution in [2.45, 2.75) is 50.5 Å². The zero-order chi connectivity index (χ0) is 29.3. The normalized spacial score (nSPS) is 22.2. The summed E-state index contributed by atoms with van der Waals surface area (Å²) in [6.45, 7) is 2.36. The van der Waals surface area contributed by atoms with Gasteiger partial charge in [-0.25, -0.2) is 4.79 Å². The molecule has 2 N–H and O–H groups in total. The third-order valence-corrected chi connectivity index (χ3v) is 7.88. The molecule has 2 aromatic carbocycles. The Bertz CT molecular complexity index is 1460. The number of carbonyl (C=O) groups is 2. The molecule has 0 radical (unpaired) electrons. The van der Waals surface area contributed by atoms with Crippen molar-refractivity contribution in [3.8, 4) is 17.2 Å². The molecular weight excluding hydrogens is 532 g/mol. The predicted molar refractivity (Wildman–Crippen MR) is 147 cm³/mol. The molecule has 11 nitrogen and oxygen atoms in total. The van der Waals surface area contributed by atoms with E-state index in [4.69, 9.17) is 18.9 Å². The highest BCUT2D eigenvalue weighted by atomic mass is 16.6. The number of phenols is 1. The maximum atomic E-state index is 13.9. The lowest BCUT2D eigenvalue weighted by Gasteiger charge is -2.37. The van der Waals surface area contributed by atoms with Crippen LogP contribution in [0.3, 0.4) is 0 Å². The van der Waals surface area contributed by atoms with E-state index in [0.29, 0.717) is 35.7 Å². The number of rotatable bonds is 8. The van der Waals surface area contributed by atoms with Gasteiger partial charge in [-0.1, -0.05) is 18.2 Å². The van der Waals surface area contributed by atoms with Gasteiger partial charge < -0.3 is 29.4 Å². The molecule has 216 valence electrons. The second-order valence-electron chi connectivity index (χ2n) is 10.3. The Morgan fingerprint density at radius 2 is 1.93 bits per heavy atom. The first kappa shape index (κ1) is 28.2. The molecular formula is C30H32N2O9. The fourth-order valence-corrected chi connectivity index (χ4v) is 5.96. The lowest BCUT2D eigenvalue weighted by Crippen LogP contribution is -2.36. The van der Waals surface area contributed by atoms with Gasteiger partial charge in [-0.15, -0.1) is 0 Å². The van der Waals surface area contributed by atoms with Crippen molar-refractivity contribution < 1.29 is 38.6 Å². The van der Waals surface area contributed by atoms with Gasteiger partial charge in [0.15, 0.2) is 11.5 Å². The van der Waals surface area contributed by atoms with E-state index in [0.717, 1.165) is 18.4 Å². The third-order valence-electron chi connectivity index (χ3n) is 7.88. The minimum absolute atomic E-state index is 0.0527. The van der Waals surface area contributed by atoms with E-state index in [1.54, 1.807) is 14.0 Å². The van der Waals surface area contributed by atoms with E-state index in [-0.39, 0.29) is 47.7 Å². The summed E-state index contributed by atoms with van der Waals surface area (Å²) in [5.74, 6) is -2.15. The van der Waals surface area contributed by atoms with Crippen LogP contribution in [0.25, 0.3) is 0 Å². The number of benzene rings is 2. The summed E-state index contributed by atoms with van der Waals surface area (Å²) >= 11 is 0. The summed E-state index contributed by atoms with van der Waals surface area (Å²) < 4.78 is 22.0. The van der Waals surface area contributed by atoms with Crippen molar-refractivity contribution >= 4 is 17.4 Å². The number of aromatic hydroxyl groups is 1. The number of allylic oxidation sites excluding steroid dienone is 3. The topological polar surface area (TPSA) is 146 Å². The molecule has 3 atom stereocenters. The number of nitrogens with zero attached hydrogens (tertiary/aromatic N) is 1. The van der Waals surface area contributed by atoms with Gasteiger partial charge >= 0.3 is 11.7 Å². The highest BCUT2D eigenvalue weighted by molar-refractivity contribution is 6.04. The molecule has 0 aromatic heterocycles. The number of nitro groups is 1. The molecule has 5 rings (SSSR count). The molecule has 0 saturated carbocycles. The van der Waals surface area contributed by atoms with Crippen molar-refractivity contribution in [2.75, 3.05) is 27.4 Å². The number of ketones is 1. The second kappa shape index (κ2) is 11.6. The standard InChI is InChI=1S/C30H32N2O9/c1-16-26(30(35)41-15-19-7-6-10-40-19)27(18-12-22(32(36)37)29(34)25(14-18)39-3)28-21(31-16)11-17(13-23(28)33)20-8-4-5-9-24(20)38-2/h4-5,8-9,12,14,17,19,27,31,34H,6-7,10-11,13,15H2,1-3H3/t17-,19+,27+/m0/s1. The van der Waals surface area contributed by atoms with Crippen LogP contribution >= 0.6 is 0 Å². The fraction of sp³-hybridized carbons (Fsp3) is 0.400. The summed E-state index contributed by atoms with van der Waals surface area (Å²) in [6.07, 6.45) is 2.03. The highest BCUT2D eigenvalue weighted by Gasteiger charge is 2.43. The quantitative estimate of drug-likeness (QED) is 0.269. The van der Waals surface area contributed by atoms with Crippen LogP contribution in [0.5, 0.6) is 17.2 Å². The van der Waals surface area contributed by atoms with Gasteiger partial charge in [0, 0.05) is 47.9 Å². The number of hydrogen-bond donors (Lipinski definition) is 2. The van der Waals surface area contributed by atoms with Crippen LogP contribution < -0.4 is 14.8 Å². The molecule has 0 spiro atoms. The van der Waals surface area contributed by atoms with Gasteiger partial charge in [0.05, 0.1) is 30.8 Å². The van der Waals surface area contributed by atoms with Gasteiger partial charge in [-0.05, 0) is 49.4 Å². The Kier molecular flexibility index (Phi) is 7.98. The van der Waals surface area contributed by atoms with E-state index in [1.807, 2.05) is 24.3 Å². The van der Waals surface area contributed by atoms with Crippen LogP contribution in [0.4, 0.5) is 5.69 Å². The number of nitro benzene ring substituents is 1. The minimum Gasteiger partial charge on any atom is -0.500 e. The predicted octanol–water partition coefficient (Wildman–Crippen LogP) is 4.40. The molecule has 11 heteroatoms. The molecule has 2 aromatic rings. The lowest BCUT2D eigenvalue weighted by atomic mass is 9.71. The Hall–Kier alpha value is -4.38. The first-order valence-corrected chi connectivity index (χ1v) is 13.4. The first-order valence-electron chi connectivity index (χ1n) is 13.4. The Morgan fingerprint density at radius 3 is 2.61 bits per heavy atom. The monoisotopic (exact) mass is 564 g/mol. The number of nitrogens with one attached hydrogen (secondary N) is 1. The van der Waals surface area contributed by atoms with Crippen LogP contribution in [0, 0.1) is 10.1 Å². The van der Waals surface area contributed by atoms with E-state index in [2.05, 4.69) is 5.32 Å². The summed E-state index contributed by atoms with van der Waals surface area (Å²) in [5, 5.41) is 25.5. The number of Topliss-reactive ketones (excluding diaryl/α,β-unsaturated/α-hetero) is 1. The number of methoxy groups -OCH3 is 2. The van der Waals surface area contributed by atoms with E-state index in [9.17, 15) is 24.8 Å². The van der Waals surface area contributed by atoms with E-state index >= 15 is 0 Å². The number of para-hydroxylation sites is 1. The van der Waals surface area contributed by atoms with Crippen molar-refractivity contribution in [1.82, 2.24) is 5.32 Å². The van der Waals surface area contributed by atoms with Gasteiger partial charge in [0.2, 0.25) is 5.75 Å². The molecule has 1 aliphatic carbocycles. The maximum absolute atomic E-state index is 13.9. The van der Waals surface area contributed by atoms with Crippen LogP contribution in [-0.4, -0.2) is 55.3 Å². The van der Waals surface area contributed by atoms with Crippen molar-refractivity contribution in [3.63, 3.8) is 0 Å². The average Bonchev–Trinajstić information content (AvgIpc) is 3.49.